The van der Waals surface area contributed by atoms with Gasteiger partial charge in [-0.1, -0.05) is 18.2 Å². The van der Waals surface area contributed by atoms with E-state index in [1.165, 1.54) is 16.5 Å². The lowest BCUT2D eigenvalue weighted by molar-refractivity contribution is -0.134. The van der Waals surface area contributed by atoms with Gasteiger partial charge in [-0.2, -0.15) is 0 Å². The maximum Gasteiger partial charge on any atom is 0.223 e. The van der Waals surface area contributed by atoms with E-state index in [2.05, 4.69) is 49.0 Å². The number of hydrogen-bond acceptors (Lipinski definition) is 3. The molecule has 6 nitrogen and oxygen atoms in total. The van der Waals surface area contributed by atoms with Gasteiger partial charge in [0.2, 0.25) is 5.91 Å². The standard InChI is InChI=1S/C21H25N5O/c1-14-23-24-20-11-16-9-10-17(13-25(14)20)26(16)21(27)8-4-5-15-12-22-19-7-3-2-6-18(15)19/h2-3,6-7,12,16-17,22H,4-5,8-11,13H2,1H3/t16-,17+/m0/s1. The number of para-hydroxylation sites is 1. The highest BCUT2D eigenvalue weighted by molar-refractivity contribution is 5.83. The molecule has 6 heteroatoms. The number of aryl methyl sites for hydroxylation is 2. The zero-order chi connectivity index (χ0) is 18.4. The fourth-order valence-electron chi connectivity index (χ4n) is 4.88. The van der Waals surface area contributed by atoms with Crippen molar-refractivity contribution >= 4 is 16.8 Å². The Balaban J connectivity index is 1.25. The molecule has 2 bridgehead atoms. The number of aromatic nitrogens is 4. The maximum atomic E-state index is 13.0. The summed E-state index contributed by atoms with van der Waals surface area (Å²) in [6.07, 6.45) is 7.54. The van der Waals surface area contributed by atoms with Crippen LogP contribution in [0, 0.1) is 6.92 Å². The summed E-state index contributed by atoms with van der Waals surface area (Å²) >= 11 is 0. The van der Waals surface area contributed by atoms with Crippen molar-refractivity contribution in [3.05, 3.63) is 47.7 Å². The Kier molecular flexibility index (Phi) is 3.99. The largest absolute Gasteiger partial charge is 0.361 e. The van der Waals surface area contributed by atoms with Gasteiger partial charge in [-0.3, -0.25) is 4.79 Å². The highest BCUT2D eigenvalue weighted by atomic mass is 16.2. The first-order valence-electron chi connectivity index (χ1n) is 9.95. The molecule has 4 heterocycles. The molecule has 1 saturated heterocycles. The van der Waals surface area contributed by atoms with Crippen molar-refractivity contribution in [1.82, 2.24) is 24.6 Å². The van der Waals surface area contributed by atoms with Crippen molar-refractivity contribution in [3.8, 4) is 0 Å². The van der Waals surface area contributed by atoms with Gasteiger partial charge < -0.3 is 14.5 Å². The van der Waals surface area contributed by atoms with Crippen LogP contribution in [0.15, 0.2) is 30.5 Å². The molecular weight excluding hydrogens is 338 g/mol. The van der Waals surface area contributed by atoms with Gasteiger partial charge in [0.1, 0.15) is 11.6 Å². The van der Waals surface area contributed by atoms with E-state index in [1.807, 2.05) is 13.0 Å². The second-order valence-corrected chi connectivity index (χ2v) is 7.88. The normalized spacial score (nSPS) is 21.4. The second-order valence-electron chi connectivity index (χ2n) is 7.88. The molecule has 1 amide bonds. The molecule has 2 atom stereocenters. The maximum absolute atomic E-state index is 13.0. The summed E-state index contributed by atoms with van der Waals surface area (Å²) in [4.78, 5) is 18.5. The van der Waals surface area contributed by atoms with Crippen molar-refractivity contribution in [2.45, 2.75) is 64.1 Å². The third-order valence-electron chi connectivity index (χ3n) is 6.24. The Labute approximate surface area is 158 Å². The van der Waals surface area contributed by atoms with E-state index in [-0.39, 0.29) is 0 Å². The predicted octanol–water partition coefficient (Wildman–Crippen LogP) is 3.01. The molecule has 1 aromatic carbocycles. The van der Waals surface area contributed by atoms with Gasteiger partial charge in [-0.25, -0.2) is 0 Å². The number of carbonyl (C=O) groups is 1. The number of hydrogen-bond donors (Lipinski definition) is 1. The highest BCUT2D eigenvalue weighted by Crippen LogP contribution is 2.32. The molecule has 140 valence electrons. The number of benzene rings is 1. The summed E-state index contributed by atoms with van der Waals surface area (Å²) < 4.78 is 2.20. The minimum atomic E-state index is 0.292. The number of fused-ring (bicyclic) bond motifs is 4. The lowest BCUT2D eigenvalue weighted by atomic mass is 10.1. The molecule has 0 aliphatic carbocycles. The Morgan fingerprint density at radius 1 is 1.22 bits per heavy atom. The molecule has 2 aliphatic rings. The molecule has 1 fully saturated rings. The number of carbonyl (C=O) groups excluding carboxylic acids is 1. The van der Waals surface area contributed by atoms with Crippen LogP contribution in [0.4, 0.5) is 0 Å². The Hall–Kier alpha value is -2.63. The molecule has 0 spiro atoms. The molecule has 5 rings (SSSR count). The predicted molar refractivity (Wildman–Crippen MR) is 103 cm³/mol. The van der Waals surface area contributed by atoms with Gasteiger partial charge in [0.05, 0.1) is 6.04 Å². The molecule has 0 saturated carbocycles. The lowest BCUT2D eigenvalue weighted by Gasteiger charge is -2.28. The van der Waals surface area contributed by atoms with Gasteiger partial charge in [0.15, 0.2) is 0 Å². The topological polar surface area (TPSA) is 66.8 Å². The van der Waals surface area contributed by atoms with Crippen LogP contribution in [0.1, 0.15) is 42.9 Å². The third-order valence-corrected chi connectivity index (χ3v) is 6.24. The van der Waals surface area contributed by atoms with Crippen LogP contribution in [0.3, 0.4) is 0 Å². The van der Waals surface area contributed by atoms with Crippen LogP contribution >= 0.6 is 0 Å². The van der Waals surface area contributed by atoms with Gasteiger partial charge in [0.25, 0.3) is 0 Å². The molecule has 2 aromatic heterocycles. The molecule has 27 heavy (non-hydrogen) atoms. The summed E-state index contributed by atoms with van der Waals surface area (Å²) in [5.41, 5.74) is 2.47. The fraction of sp³-hybridized carbons (Fsp3) is 0.476. The average molecular weight is 363 g/mol. The fourth-order valence-corrected chi connectivity index (χ4v) is 4.88. The Morgan fingerprint density at radius 2 is 2.07 bits per heavy atom. The molecule has 1 N–H and O–H groups in total. The van der Waals surface area contributed by atoms with Crippen LogP contribution in [-0.4, -0.2) is 42.6 Å². The van der Waals surface area contributed by atoms with E-state index in [9.17, 15) is 4.79 Å². The van der Waals surface area contributed by atoms with Crippen LogP contribution in [0.25, 0.3) is 10.9 Å². The highest BCUT2D eigenvalue weighted by Gasteiger charge is 2.40. The van der Waals surface area contributed by atoms with E-state index in [0.717, 1.165) is 50.3 Å². The van der Waals surface area contributed by atoms with Crippen molar-refractivity contribution in [2.75, 3.05) is 0 Å². The van der Waals surface area contributed by atoms with Gasteiger partial charge in [-0.15, -0.1) is 10.2 Å². The Bertz CT molecular complexity index is 988. The van der Waals surface area contributed by atoms with Gasteiger partial charge >= 0.3 is 0 Å². The zero-order valence-electron chi connectivity index (χ0n) is 15.7. The van der Waals surface area contributed by atoms with Crippen molar-refractivity contribution in [3.63, 3.8) is 0 Å². The summed E-state index contributed by atoms with van der Waals surface area (Å²) in [6, 6.07) is 8.95. The van der Waals surface area contributed by atoms with Crippen LogP contribution in [-0.2, 0) is 24.2 Å². The third kappa shape index (κ3) is 2.83. The minimum absolute atomic E-state index is 0.292. The Morgan fingerprint density at radius 3 is 3.00 bits per heavy atom. The first-order chi connectivity index (χ1) is 13.2. The van der Waals surface area contributed by atoms with E-state index in [1.54, 1.807) is 0 Å². The quantitative estimate of drug-likeness (QED) is 0.775. The van der Waals surface area contributed by atoms with E-state index >= 15 is 0 Å². The van der Waals surface area contributed by atoms with Crippen LogP contribution < -0.4 is 0 Å². The number of rotatable bonds is 4. The smallest absolute Gasteiger partial charge is 0.223 e. The van der Waals surface area contributed by atoms with E-state index in [0.29, 0.717) is 24.4 Å². The molecule has 0 radical (unpaired) electrons. The van der Waals surface area contributed by atoms with E-state index < -0.39 is 0 Å². The number of nitrogens with zero attached hydrogens (tertiary/aromatic N) is 4. The first-order valence-corrected chi connectivity index (χ1v) is 9.95. The molecule has 3 aromatic rings. The van der Waals surface area contributed by atoms with E-state index in [4.69, 9.17) is 0 Å². The summed E-state index contributed by atoms with van der Waals surface area (Å²) in [5, 5.41) is 9.81. The number of amides is 1. The van der Waals surface area contributed by atoms with Crippen molar-refractivity contribution < 1.29 is 4.79 Å². The molecule has 0 unspecified atom stereocenters. The monoisotopic (exact) mass is 363 g/mol. The minimum Gasteiger partial charge on any atom is -0.361 e. The molecular formula is C21H25N5O. The van der Waals surface area contributed by atoms with Crippen LogP contribution in [0.5, 0.6) is 0 Å². The number of aromatic amines is 1. The average Bonchev–Trinajstić information content (AvgIpc) is 3.31. The molecule has 2 aliphatic heterocycles. The van der Waals surface area contributed by atoms with Crippen molar-refractivity contribution in [2.24, 2.45) is 0 Å². The summed E-state index contributed by atoms with van der Waals surface area (Å²) in [5.74, 6) is 2.30. The number of H-pyrrole nitrogens is 1. The zero-order valence-corrected chi connectivity index (χ0v) is 15.7. The van der Waals surface area contributed by atoms with Crippen molar-refractivity contribution in [1.29, 1.82) is 0 Å². The summed E-state index contributed by atoms with van der Waals surface area (Å²) in [7, 11) is 0. The van der Waals surface area contributed by atoms with Gasteiger partial charge in [0, 0.05) is 42.5 Å². The lowest BCUT2D eigenvalue weighted by Crippen LogP contribution is -2.42. The summed E-state index contributed by atoms with van der Waals surface area (Å²) in [6.45, 7) is 2.85. The van der Waals surface area contributed by atoms with Gasteiger partial charge in [-0.05, 0) is 44.2 Å². The SMILES string of the molecule is Cc1nnc2n1C[C@H]1CC[C@@H](C2)N1C(=O)CCCc1c[nH]c2ccccc12. The first kappa shape index (κ1) is 16.5. The number of nitrogens with one attached hydrogen (secondary N) is 1. The second kappa shape index (κ2) is 6.51. The van der Waals surface area contributed by atoms with Crippen LogP contribution in [0.2, 0.25) is 0 Å².